The smallest absolute Gasteiger partial charge is 0.338 e. The molecule has 0 spiro atoms. The number of aliphatic hydroxyl groups excluding tert-OH is 1. The molecule has 2 aromatic rings. The third kappa shape index (κ3) is 3.72. The van der Waals surface area contributed by atoms with Crippen LogP contribution in [0.2, 0.25) is 0 Å². The summed E-state index contributed by atoms with van der Waals surface area (Å²) in [5.74, 6) is -0.768. The Bertz CT molecular complexity index is 770. The van der Waals surface area contributed by atoms with E-state index in [1.165, 1.54) is 0 Å². The van der Waals surface area contributed by atoms with Gasteiger partial charge in [0.2, 0.25) is 0 Å². The number of benzene rings is 2. The molecule has 1 aliphatic heterocycles. The van der Waals surface area contributed by atoms with Crippen LogP contribution in [0, 0.1) is 0 Å². The van der Waals surface area contributed by atoms with Crippen molar-refractivity contribution in [2.24, 2.45) is 0 Å². The maximum absolute atomic E-state index is 12.6. The summed E-state index contributed by atoms with van der Waals surface area (Å²) in [5, 5.41) is 9.03. The lowest BCUT2D eigenvalue weighted by atomic mass is 9.96. The minimum absolute atomic E-state index is 0.0740. The van der Waals surface area contributed by atoms with Gasteiger partial charge in [-0.1, -0.05) is 30.3 Å². The number of ether oxygens (including phenoxy) is 1. The van der Waals surface area contributed by atoms with E-state index in [1.807, 2.05) is 31.2 Å². The second-order valence-corrected chi connectivity index (χ2v) is 6.21. The minimum atomic E-state index is -0.546. The van der Waals surface area contributed by atoms with Crippen LogP contribution >= 0.6 is 0 Å². The minimum Gasteiger partial charge on any atom is -0.452 e. The number of aliphatic hydroxyl groups is 1. The molecule has 0 saturated carbocycles. The van der Waals surface area contributed by atoms with E-state index in [-0.39, 0.29) is 25.2 Å². The molecule has 1 heterocycles. The summed E-state index contributed by atoms with van der Waals surface area (Å²) in [6.07, 6.45) is 1.83. The second kappa shape index (κ2) is 7.49. The lowest BCUT2D eigenvalue weighted by molar-refractivity contribution is -0.122. The molecule has 0 radical (unpaired) electrons. The summed E-state index contributed by atoms with van der Waals surface area (Å²) in [4.78, 5) is 26.4. The molecule has 5 heteroatoms. The first-order valence-corrected chi connectivity index (χ1v) is 8.37. The molecule has 0 aromatic heterocycles. The largest absolute Gasteiger partial charge is 0.452 e. The predicted octanol–water partition coefficient (Wildman–Crippen LogP) is 2.70. The fourth-order valence-corrected chi connectivity index (χ4v) is 3.09. The first-order valence-electron chi connectivity index (χ1n) is 8.37. The Morgan fingerprint density at radius 1 is 1.16 bits per heavy atom. The van der Waals surface area contributed by atoms with Gasteiger partial charge in [-0.3, -0.25) is 4.79 Å². The molecule has 0 saturated heterocycles. The molecular weight excluding hydrogens is 318 g/mol. The number of carbonyl (C=O) groups excluding carboxylic acids is 2. The van der Waals surface area contributed by atoms with Crippen LogP contribution in [-0.4, -0.2) is 29.6 Å². The highest BCUT2D eigenvalue weighted by Crippen LogP contribution is 2.30. The standard InChI is InChI=1S/C20H21NO4/c1-14-6-9-16-4-2-3-5-18(16)21(14)19(23)13-25-20(24)17-10-7-15(12-22)8-11-17/h2-5,7-8,10-11,14,22H,6,9,12-13H2,1H3/t14-/m0/s1. The second-order valence-electron chi connectivity index (χ2n) is 6.21. The average Bonchev–Trinajstić information content (AvgIpc) is 2.65. The number of nitrogens with zero attached hydrogens (tertiary/aromatic N) is 1. The van der Waals surface area contributed by atoms with E-state index < -0.39 is 5.97 Å². The van der Waals surface area contributed by atoms with Crippen LogP contribution in [0.3, 0.4) is 0 Å². The van der Waals surface area contributed by atoms with Gasteiger partial charge in [-0.2, -0.15) is 0 Å². The highest BCUT2D eigenvalue weighted by atomic mass is 16.5. The zero-order valence-corrected chi connectivity index (χ0v) is 14.1. The van der Waals surface area contributed by atoms with Gasteiger partial charge in [0.25, 0.3) is 5.91 Å². The van der Waals surface area contributed by atoms with E-state index in [1.54, 1.807) is 29.2 Å². The first-order chi connectivity index (χ1) is 12.1. The zero-order chi connectivity index (χ0) is 17.8. The molecule has 0 fully saturated rings. The predicted molar refractivity (Wildman–Crippen MR) is 94.4 cm³/mol. The molecule has 130 valence electrons. The third-order valence-corrected chi connectivity index (χ3v) is 4.49. The molecule has 0 unspecified atom stereocenters. The number of amides is 1. The monoisotopic (exact) mass is 339 g/mol. The molecule has 3 rings (SSSR count). The number of aryl methyl sites for hydroxylation is 1. The number of rotatable bonds is 4. The Kier molecular flexibility index (Phi) is 5.14. The van der Waals surface area contributed by atoms with Crippen molar-refractivity contribution < 1.29 is 19.4 Å². The number of carbonyl (C=O) groups is 2. The van der Waals surface area contributed by atoms with Crippen molar-refractivity contribution in [2.75, 3.05) is 11.5 Å². The van der Waals surface area contributed by atoms with Crippen LogP contribution in [0.5, 0.6) is 0 Å². The van der Waals surface area contributed by atoms with Crippen molar-refractivity contribution in [2.45, 2.75) is 32.4 Å². The fourth-order valence-electron chi connectivity index (χ4n) is 3.09. The number of fused-ring (bicyclic) bond motifs is 1. The van der Waals surface area contributed by atoms with E-state index in [0.717, 1.165) is 24.1 Å². The zero-order valence-electron chi connectivity index (χ0n) is 14.1. The van der Waals surface area contributed by atoms with Crippen molar-refractivity contribution >= 4 is 17.6 Å². The van der Waals surface area contributed by atoms with Crippen molar-refractivity contribution in [3.8, 4) is 0 Å². The average molecular weight is 339 g/mol. The first kappa shape index (κ1) is 17.2. The van der Waals surface area contributed by atoms with Crippen molar-refractivity contribution in [3.05, 3.63) is 65.2 Å². The van der Waals surface area contributed by atoms with Crippen LogP contribution < -0.4 is 4.90 Å². The number of esters is 1. The highest BCUT2D eigenvalue weighted by Gasteiger charge is 2.28. The van der Waals surface area contributed by atoms with Crippen LogP contribution in [0.4, 0.5) is 5.69 Å². The molecule has 25 heavy (non-hydrogen) atoms. The number of hydrogen-bond donors (Lipinski definition) is 1. The lowest BCUT2D eigenvalue weighted by Gasteiger charge is -2.35. The molecule has 5 nitrogen and oxygen atoms in total. The molecular formula is C20H21NO4. The quantitative estimate of drug-likeness (QED) is 0.870. The van der Waals surface area contributed by atoms with Gasteiger partial charge in [-0.05, 0) is 49.1 Å². The van der Waals surface area contributed by atoms with Gasteiger partial charge in [0.15, 0.2) is 6.61 Å². The molecule has 0 aliphatic carbocycles. The van der Waals surface area contributed by atoms with Gasteiger partial charge in [-0.15, -0.1) is 0 Å². The molecule has 1 atom stereocenters. The van der Waals surface area contributed by atoms with Crippen molar-refractivity contribution in [1.82, 2.24) is 0 Å². The van der Waals surface area contributed by atoms with E-state index >= 15 is 0 Å². The molecule has 1 N–H and O–H groups in total. The summed E-state index contributed by atoms with van der Waals surface area (Å²) in [7, 11) is 0. The molecule has 0 bridgehead atoms. The Morgan fingerprint density at radius 3 is 2.60 bits per heavy atom. The topological polar surface area (TPSA) is 66.8 Å². The van der Waals surface area contributed by atoms with Crippen LogP contribution in [-0.2, 0) is 22.6 Å². The Hall–Kier alpha value is -2.66. The Labute approximate surface area is 146 Å². The maximum atomic E-state index is 12.6. The SMILES string of the molecule is C[C@H]1CCc2ccccc2N1C(=O)COC(=O)c1ccc(CO)cc1. The normalized spacial score (nSPS) is 16.2. The van der Waals surface area contributed by atoms with Gasteiger partial charge in [-0.25, -0.2) is 4.79 Å². The summed E-state index contributed by atoms with van der Waals surface area (Å²) in [5.41, 5.74) is 3.11. The van der Waals surface area contributed by atoms with Gasteiger partial charge in [0.1, 0.15) is 0 Å². The van der Waals surface area contributed by atoms with Gasteiger partial charge < -0.3 is 14.7 Å². The van der Waals surface area contributed by atoms with E-state index in [2.05, 4.69) is 0 Å². The van der Waals surface area contributed by atoms with E-state index in [0.29, 0.717) is 11.1 Å². The molecule has 1 amide bonds. The van der Waals surface area contributed by atoms with Gasteiger partial charge in [0, 0.05) is 11.7 Å². The highest BCUT2D eigenvalue weighted by molar-refractivity contribution is 5.98. The number of hydrogen-bond acceptors (Lipinski definition) is 4. The Balaban J connectivity index is 1.67. The van der Waals surface area contributed by atoms with E-state index in [4.69, 9.17) is 9.84 Å². The van der Waals surface area contributed by atoms with Crippen LogP contribution in [0.25, 0.3) is 0 Å². The summed E-state index contributed by atoms with van der Waals surface area (Å²) in [6, 6.07) is 14.4. The fraction of sp³-hybridized carbons (Fsp3) is 0.300. The number of para-hydroxylation sites is 1. The van der Waals surface area contributed by atoms with Crippen LogP contribution in [0.15, 0.2) is 48.5 Å². The molecule has 1 aliphatic rings. The number of anilines is 1. The Morgan fingerprint density at radius 2 is 1.88 bits per heavy atom. The van der Waals surface area contributed by atoms with Gasteiger partial charge in [0.05, 0.1) is 12.2 Å². The molecule has 2 aromatic carbocycles. The maximum Gasteiger partial charge on any atom is 0.338 e. The summed E-state index contributed by atoms with van der Waals surface area (Å²) < 4.78 is 5.19. The van der Waals surface area contributed by atoms with Gasteiger partial charge >= 0.3 is 5.97 Å². The van der Waals surface area contributed by atoms with Crippen molar-refractivity contribution in [1.29, 1.82) is 0 Å². The van der Waals surface area contributed by atoms with E-state index in [9.17, 15) is 9.59 Å². The van der Waals surface area contributed by atoms with Crippen LogP contribution in [0.1, 0.15) is 34.8 Å². The summed E-state index contributed by atoms with van der Waals surface area (Å²) in [6.45, 7) is 1.63. The summed E-state index contributed by atoms with van der Waals surface area (Å²) >= 11 is 0. The third-order valence-electron chi connectivity index (χ3n) is 4.49. The van der Waals surface area contributed by atoms with Crippen molar-refractivity contribution in [3.63, 3.8) is 0 Å². The lowest BCUT2D eigenvalue weighted by Crippen LogP contribution is -2.44.